The van der Waals surface area contributed by atoms with Crippen molar-refractivity contribution in [1.29, 1.82) is 0 Å². The van der Waals surface area contributed by atoms with Crippen LogP contribution in [-0.2, 0) is 0 Å². The lowest BCUT2D eigenvalue weighted by atomic mass is 9.78. The Bertz CT molecular complexity index is 254. The maximum atomic E-state index is 12.5. The van der Waals surface area contributed by atoms with E-state index in [9.17, 15) is 13.2 Å². The summed E-state index contributed by atoms with van der Waals surface area (Å²) in [4.78, 5) is 0. The van der Waals surface area contributed by atoms with Gasteiger partial charge in [-0.05, 0) is 62.9 Å². The molecule has 1 unspecified atom stereocenters. The van der Waals surface area contributed by atoms with E-state index in [1.165, 1.54) is 0 Å². The summed E-state index contributed by atoms with van der Waals surface area (Å²) in [6.07, 6.45) is 0.587. The molecule has 1 N–H and O–H groups in total. The molecule has 2 aliphatic rings. The third kappa shape index (κ3) is 2.95. The predicted molar refractivity (Wildman–Crippen MR) is 61.7 cm³/mol. The van der Waals surface area contributed by atoms with Crippen LogP contribution in [0.15, 0.2) is 0 Å². The molecule has 1 atom stereocenters. The summed E-state index contributed by atoms with van der Waals surface area (Å²) in [5.41, 5.74) is 0.280. The van der Waals surface area contributed by atoms with Crippen molar-refractivity contribution >= 4 is 0 Å². The number of hydrogen-bond acceptors (Lipinski definition) is 1. The van der Waals surface area contributed by atoms with Gasteiger partial charge in [-0.2, -0.15) is 13.2 Å². The smallest absolute Gasteiger partial charge is 0.316 e. The van der Waals surface area contributed by atoms with E-state index in [0.29, 0.717) is 18.8 Å². The van der Waals surface area contributed by atoms with Crippen LogP contribution in [0.2, 0.25) is 0 Å². The molecule has 0 radical (unpaired) electrons. The zero-order valence-corrected chi connectivity index (χ0v) is 10.4. The van der Waals surface area contributed by atoms with E-state index in [1.807, 2.05) is 0 Å². The molecule has 0 heterocycles. The van der Waals surface area contributed by atoms with Gasteiger partial charge in [-0.15, -0.1) is 0 Å². The lowest BCUT2D eigenvalue weighted by Gasteiger charge is -2.30. The van der Waals surface area contributed by atoms with Crippen molar-refractivity contribution in [2.24, 2.45) is 17.3 Å². The summed E-state index contributed by atoms with van der Waals surface area (Å²) in [6, 6.07) is 0. The molecule has 0 aromatic heterocycles. The van der Waals surface area contributed by atoms with Gasteiger partial charge in [-0.1, -0.05) is 6.92 Å². The van der Waals surface area contributed by atoms with Crippen LogP contribution in [0.1, 0.15) is 45.4 Å². The first-order valence-corrected chi connectivity index (χ1v) is 6.75. The van der Waals surface area contributed by atoms with Crippen LogP contribution in [0.25, 0.3) is 0 Å². The Morgan fingerprint density at radius 1 is 1.24 bits per heavy atom. The van der Waals surface area contributed by atoms with Gasteiger partial charge >= 0.3 is 6.18 Å². The van der Waals surface area contributed by atoms with Crippen molar-refractivity contribution in [3.8, 4) is 0 Å². The number of nitrogens with one attached hydrogen (secondary N) is 1. The van der Waals surface area contributed by atoms with Gasteiger partial charge in [-0.25, -0.2) is 0 Å². The summed E-state index contributed by atoms with van der Waals surface area (Å²) in [5, 5.41) is 3.39. The highest BCUT2D eigenvalue weighted by Crippen LogP contribution is 2.62. The number of hydrogen-bond donors (Lipinski definition) is 1. The third-order valence-corrected chi connectivity index (χ3v) is 4.62. The van der Waals surface area contributed by atoms with E-state index in [2.05, 4.69) is 12.2 Å². The molecular formula is C13H22F3N. The van der Waals surface area contributed by atoms with E-state index >= 15 is 0 Å². The molecule has 2 saturated carbocycles. The molecule has 4 heteroatoms. The normalized spacial score (nSPS) is 37.4. The first-order valence-electron chi connectivity index (χ1n) is 6.75. The average molecular weight is 249 g/mol. The van der Waals surface area contributed by atoms with Crippen LogP contribution in [0.4, 0.5) is 13.2 Å². The van der Waals surface area contributed by atoms with Crippen LogP contribution in [0, 0.1) is 17.3 Å². The fraction of sp³-hybridized carbons (Fsp3) is 1.00. The van der Waals surface area contributed by atoms with Crippen molar-refractivity contribution in [3.05, 3.63) is 0 Å². The maximum Gasteiger partial charge on any atom is 0.391 e. The Morgan fingerprint density at radius 3 is 2.41 bits per heavy atom. The minimum Gasteiger partial charge on any atom is -0.316 e. The molecule has 0 aromatic rings. The third-order valence-electron chi connectivity index (χ3n) is 4.62. The van der Waals surface area contributed by atoms with E-state index in [-0.39, 0.29) is 5.41 Å². The Labute approximate surface area is 101 Å². The SMILES string of the molecule is CCCNCC1CC12CCC(C(F)(F)F)CC2. The van der Waals surface area contributed by atoms with Gasteiger partial charge in [0.1, 0.15) is 0 Å². The number of halogens is 3. The standard InChI is InChI=1S/C13H22F3N/c1-2-7-17-9-11-8-12(11)5-3-10(4-6-12)13(14,15)16/h10-11,17H,2-9H2,1H3. The zero-order valence-electron chi connectivity index (χ0n) is 10.4. The highest BCUT2D eigenvalue weighted by atomic mass is 19.4. The van der Waals surface area contributed by atoms with Crippen LogP contribution in [0.5, 0.6) is 0 Å². The molecule has 1 nitrogen and oxygen atoms in total. The molecule has 0 amide bonds. The van der Waals surface area contributed by atoms with Crippen LogP contribution >= 0.6 is 0 Å². The molecule has 1 spiro atoms. The van der Waals surface area contributed by atoms with Gasteiger partial charge < -0.3 is 5.32 Å². The molecule has 0 bridgehead atoms. The first kappa shape index (κ1) is 13.2. The van der Waals surface area contributed by atoms with Gasteiger partial charge in [0.15, 0.2) is 0 Å². The largest absolute Gasteiger partial charge is 0.391 e. The quantitative estimate of drug-likeness (QED) is 0.748. The number of alkyl halides is 3. The second-order valence-electron chi connectivity index (χ2n) is 5.78. The van der Waals surface area contributed by atoms with Gasteiger partial charge in [-0.3, -0.25) is 0 Å². The number of rotatable bonds is 4. The Balaban J connectivity index is 1.73. The first-order chi connectivity index (χ1) is 7.98. The lowest BCUT2D eigenvalue weighted by molar-refractivity contribution is -0.185. The Hall–Kier alpha value is -0.250. The fourth-order valence-corrected chi connectivity index (χ4v) is 3.31. The predicted octanol–water partition coefficient (Wildman–Crippen LogP) is 3.74. The van der Waals surface area contributed by atoms with Crippen molar-refractivity contribution in [2.75, 3.05) is 13.1 Å². The molecule has 17 heavy (non-hydrogen) atoms. The van der Waals surface area contributed by atoms with Gasteiger partial charge in [0.25, 0.3) is 0 Å². The highest BCUT2D eigenvalue weighted by Gasteiger charge is 2.56. The summed E-state index contributed by atoms with van der Waals surface area (Å²) in [6.45, 7) is 4.16. The van der Waals surface area contributed by atoms with E-state index in [1.54, 1.807) is 0 Å². The molecule has 0 aliphatic heterocycles. The Kier molecular flexibility index (Phi) is 3.71. The molecule has 2 fully saturated rings. The summed E-state index contributed by atoms with van der Waals surface area (Å²) < 4.78 is 37.6. The molecule has 2 aliphatic carbocycles. The van der Waals surface area contributed by atoms with Gasteiger partial charge in [0, 0.05) is 0 Å². The van der Waals surface area contributed by atoms with Crippen LogP contribution in [-0.4, -0.2) is 19.3 Å². The van der Waals surface area contributed by atoms with E-state index in [4.69, 9.17) is 0 Å². The molecule has 100 valence electrons. The van der Waals surface area contributed by atoms with Crippen molar-refractivity contribution < 1.29 is 13.2 Å². The summed E-state index contributed by atoms with van der Waals surface area (Å²) in [7, 11) is 0. The maximum absolute atomic E-state index is 12.5. The van der Waals surface area contributed by atoms with Crippen LogP contribution in [0.3, 0.4) is 0 Å². The summed E-state index contributed by atoms with van der Waals surface area (Å²) in [5.74, 6) is -0.388. The molecule has 0 aromatic carbocycles. The second kappa shape index (κ2) is 4.79. The summed E-state index contributed by atoms with van der Waals surface area (Å²) >= 11 is 0. The van der Waals surface area contributed by atoms with Crippen LogP contribution < -0.4 is 5.32 Å². The van der Waals surface area contributed by atoms with Gasteiger partial charge in [0.05, 0.1) is 5.92 Å². The average Bonchev–Trinajstić information content (AvgIpc) is 2.91. The molecule has 2 rings (SSSR count). The minimum atomic E-state index is -3.97. The lowest BCUT2D eigenvalue weighted by Crippen LogP contribution is -2.30. The second-order valence-corrected chi connectivity index (χ2v) is 5.78. The highest BCUT2D eigenvalue weighted by molar-refractivity contribution is 5.05. The monoisotopic (exact) mass is 249 g/mol. The van der Waals surface area contributed by atoms with Crippen molar-refractivity contribution in [3.63, 3.8) is 0 Å². The topological polar surface area (TPSA) is 12.0 Å². The molecule has 0 saturated heterocycles. The zero-order chi connectivity index (χ0) is 12.5. The molecular weight excluding hydrogens is 227 g/mol. The van der Waals surface area contributed by atoms with Gasteiger partial charge in [0.2, 0.25) is 0 Å². The van der Waals surface area contributed by atoms with E-state index < -0.39 is 12.1 Å². The van der Waals surface area contributed by atoms with E-state index in [0.717, 1.165) is 38.8 Å². The minimum absolute atomic E-state index is 0.280. The Morgan fingerprint density at radius 2 is 1.88 bits per heavy atom. The van der Waals surface area contributed by atoms with Crippen molar-refractivity contribution in [1.82, 2.24) is 5.32 Å². The fourth-order valence-electron chi connectivity index (χ4n) is 3.31. The van der Waals surface area contributed by atoms with Crippen molar-refractivity contribution in [2.45, 2.75) is 51.6 Å².